The van der Waals surface area contributed by atoms with Gasteiger partial charge in [0.05, 0.1) is 57.8 Å². The first-order valence-electron chi connectivity index (χ1n) is 16.4. The molecule has 1 aliphatic heterocycles. The zero-order valence-corrected chi connectivity index (χ0v) is 31.0. The van der Waals surface area contributed by atoms with Crippen LogP contribution in [-0.4, -0.2) is 138 Å². The molecular formula is C33H49Cl2N5O9S. The third-order valence-corrected chi connectivity index (χ3v) is 9.50. The quantitative estimate of drug-likeness (QED) is 0.108. The van der Waals surface area contributed by atoms with Gasteiger partial charge in [-0.25, -0.2) is 13.1 Å². The van der Waals surface area contributed by atoms with Gasteiger partial charge in [-0.1, -0.05) is 35.3 Å². The Morgan fingerprint density at radius 1 is 0.780 bits per heavy atom. The normalized spacial score (nSPS) is 14.8. The van der Waals surface area contributed by atoms with Crippen molar-refractivity contribution in [1.82, 2.24) is 25.6 Å². The Labute approximate surface area is 304 Å². The Hall–Kier alpha value is -2.41. The molecule has 0 saturated heterocycles. The summed E-state index contributed by atoms with van der Waals surface area (Å²) in [7, 11) is 0.147. The largest absolute Gasteiger partial charge is 0.378 e. The lowest BCUT2D eigenvalue weighted by Gasteiger charge is -2.33. The molecule has 0 radical (unpaired) electrons. The summed E-state index contributed by atoms with van der Waals surface area (Å²) in [5.41, 5.74) is 3.06. The maximum atomic E-state index is 12.8. The number of fused-ring (bicyclic) bond motifs is 1. The van der Waals surface area contributed by atoms with Gasteiger partial charge in [-0.3, -0.25) is 9.59 Å². The molecule has 0 fully saturated rings. The first-order valence-corrected chi connectivity index (χ1v) is 18.7. The number of ether oxygens (including phenoxy) is 5. The molecule has 0 spiro atoms. The number of likely N-dealkylation sites (N-methyl/N-ethyl adjacent to an activating group) is 2. The third kappa shape index (κ3) is 15.5. The summed E-state index contributed by atoms with van der Waals surface area (Å²) in [6.45, 7) is 5.27. The summed E-state index contributed by atoms with van der Waals surface area (Å²) in [5, 5.41) is 9.45. The van der Waals surface area contributed by atoms with Gasteiger partial charge >= 0.3 is 0 Å². The van der Waals surface area contributed by atoms with E-state index < -0.39 is 10.0 Å². The van der Waals surface area contributed by atoms with Crippen molar-refractivity contribution in [1.29, 1.82) is 0 Å². The number of nitrogens with one attached hydrogen (secondary N) is 4. The van der Waals surface area contributed by atoms with Crippen LogP contribution in [0.1, 0.15) is 22.6 Å². The Balaban J connectivity index is 1.19. The molecule has 280 valence electrons. The van der Waals surface area contributed by atoms with E-state index in [0.717, 1.165) is 36.3 Å². The second kappa shape index (κ2) is 23.2. The molecule has 1 aliphatic rings. The highest BCUT2D eigenvalue weighted by molar-refractivity contribution is 7.89. The molecule has 1 heterocycles. The second-order valence-electron chi connectivity index (χ2n) is 11.4. The Kier molecular flexibility index (Phi) is 19.5. The van der Waals surface area contributed by atoms with E-state index in [9.17, 15) is 18.0 Å². The van der Waals surface area contributed by atoms with Gasteiger partial charge in [0.15, 0.2) is 0 Å². The topological polar surface area (TPSA) is 166 Å². The number of hydrogen-bond acceptors (Lipinski definition) is 11. The zero-order valence-electron chi connectivity index (χ0n) is 28.6. The van der Waals surface area contributed by atoms with E-state index in [1.54, 1.807) is 18.2 Å². The predicted molar refractivity (Wildman–Crippen MR) is 190 cm³/mol. The van der Waals surface area contributed by atoms with Crippen LogP contribution in [0.3, 0.4) is 0 Å². The van der Waals surface area contributed by atoms with Crippen molar-refractivity contribution in [2.45, 2.75) is 17.4 Å². The van der Waals surface area contributed by atoms with Gasteiger partial charge < -0.3 is 44.5 Å². The SMILES string of the molecule is CNCCOCCOCCNC(=O)COCC(=O)NCCOCCOCCNS(=O)(=O)c1ccc(C2CN(C)Cc3c(Cl)cc(Cl)cc32)cc1. The molecule has 50 heavy (non-hydrogen) atoms. The molecule has 0 bridgehead atoms. The van der Waals surface area contributed by atoms with E-state index in [0.29, 0.717) is 43.0 Å². The molecule has 1 atom stereocenters. The minimum absolute atomic E-state index is 0.0110. The van der Waals surface area contributed by atoms with Crippen molar-refractivity contribution in [3.8, 4) is 0 Å². The average Bonchev–Trinajstić information content (AvgIpc) is 3.08. The van der Waals surface area contributed by atoms with Crippen molar-refractivity contribution in [2.24, 2.45) is 0 Å². The number of halogens is 2. The van der Waals surface area contributed by atoms with Gasteiger partial charge in [-0.05, 0) is 55.1 Å². The molecule has 0 aliphatic carbocycles. The molecule has 4 N–H and O–H groups in total. The fourth-order valence-corrected chi connectivity index (χ4v) is 6.61. The summed E-state index contributed by atoms with van der Waals surface area (Å²) in [6.07, 6.45) is 0. The molecular weight excluding hydrogens is 713 g/mol. The molecule has 14 nitrogen and oxygen atoms in total. The van der Waals surface area contributed by atoms with Gasteiger partial charge in [0.25, 0.3) is 0 Å². The first kappa shape index (κ1) is 42.0. The third-order valence-electron chi connectivity index (χ3n) is 7.47. The van der Waals surface area contributed by atoms with Crippen LogP contribution in [0.2, 0.25) is 10.0 Å². The van der Waals surface area contributed by atoms with E-state index in [2.05, 4.69) is 25.6 Å². The van der Waals surface area contributed by atoms with Crippen molar-refractivity contribution in [2.75, 3.05) is 113 Å². The van der Waals surface area contributed by atoms with Gasteiger partial charge in [-0.2, -0.15) is 0 Å². The minimum Gasteiger partial charge on any atom is -0.378 e. The lowest BCUT2D eigenvalue weighted by atomic mass is 9.85. The van der Waals surface area contributed by atoms with Crippen LogP contribution in [0, 0.1) is 0 Å². The maximum Gasteiger partial charge on any atom is 0.246 e. The van der Waals surface area contributed by atoms with Gasteiger partial charge in [0.1, 0.15) is 13.2 Å². The molecule has 0 saturated carbocycles. The molecule has 1 unspecified atom stereocenters. The number of sulfonamides is 1. The highest BCUT2D eigenvalue weighted by atomic mass is 35.5. The number of carbonyl (C=O) groups is 2. The molecule has 3 rings (SSSR count). The highest BCUT2D eigenvalue weighted by Gasteiger charge is 2.27. The molecule has 2 aromatic rings. The van der Waals surface area contributed by atoms with Gasteiger partial charge in [0.2, 0.25) is 21.8 Å². The summed E-state index contributed by atoms with van der Waals surface area (Å²) < 4.78 is 54.8. The monoisotopic (exact) mass is 761 g/mol. The first-order chi connectivity index (χ1) is 24.1. The summed E-state index contributed by atoms with van der Waals surface area (Å²) in [5.74, 6) is -0.705. The number of amides is 2. The van der Waals surface area contributed by atoms with Crippen LogP contribution < -0.4 is 20.7 Å². The van der Waals surface area contributed by atoms with Crippen LogP contribution in [0.25, 0.3) is 0 Å². The van der Waals surface area contributed by atoms with E-state index >= 15 is 0 Å². The lowest BCUT2D eigenvalue weighted by molar-refractivity contribution is -0.131. The zero-order chi connectivity index (χ0) is 36.2. The van der Waals surface area contributed by atoms with Crippen molar-refractivity contribution < 1.29 is 41.7 Å². The van der Waals surface area contributed by atoms with E-state index in [4.69, 9.17) is 46.9 Å². The Bertz CT molecular complexity index is 1440. The standard InChI is InChI=1S/C33H49Cl2N5O9S/c1-36-7-11-45-15-16-46-12-8-37-32(41)23-49-24-33(42)38-9-13-47-17-18-48-14-10-39-50(43,44)27-5-3-25(4-6-27)29-21-40(2)22-30-28(29)19-26(34)20-31(30)35/h3-6,19-20,29,36,39H,7-18,21-24H2,1-2H3,(H,37,41)(H,38,42). The fourth-order valence-electron chi connectivity index (χ4n) is 5.02. The Morgan fingerprint density at radius 2 is 1.32 bits per heavy atom. The number of hydrogen-bond donors (Lipinski definition) is 4. The number of rotatable bonds is 25. The predicted octanol–water partition coefficient (Wildman–Crippen LogP) is 1.38. The van der Waals surface area contributed by atoms with E-state index in [-0.39, 0.29) is 75.4 Å². The maximum absolute atomic E-state index is 12.8. The smallest absolute Gasteiger partial charge is 0.246 e. The lowest BCUT2D eigenvalue weighted by Crippen LogP contribution is -2.34. The highest BCUT2D eigenvalue weighted by Crippen LogP contribution is 2.38. The van der Waals surface area contributed by atoms with Gasteiger partial charge in [-0.15, -0.1) is 0 Å². The van der Waals surface area contributed by atoms with Gasteiger partial charge in [0, 0.05) is 55.2 Å². The molecule has 0 aromatic heterocycles. The van der Waals surface area contributed by atoms with Crippen molar-refractivity contribution >= 4 is 45.0 Å². The fraction of sp³-hybridized carbons (Fsp3) is 0.576. The average molecular weight is 763 g/mol. The van der Waals surface area contributed by atoms with E-state index in [1.807, 2.05) is 32.3 Å². The number of benzene rings is 2. The Morgan fingerprint density at radius 3 is 1.88 bits per heavy atom. The van der Waals surface area contributed by atoms with E-state index in [1.165, 1.54) is 0 Å². The van der Waals surface area contributed by atoms with Crippen molar-refractivity contribution in [3.63, 3.8) is 0 Å². The molecule has 17 heteroatoms. The minimum atomic E-state index is -3.72. The van der Waals surface area contributed by atoms with Crippen LogP contribution in [0.15, 0.2) is 41.3 Å². The van der Waals surface area contributed by atoms with Crippen molar-refractivity contribution in [3.05, 3.63) is 63.1 Å². The van der Waals surface area contributed by atoms with Crippen LogP contribution in [0.4, 0.5) is 0 Å². The second-order valence-corrected chi connectivity index (χ2v) is 14.0. The van der Waals surface area contributed by atoms with Crippen LogP contribution >= 0.6 is 23.2 Å². The van der Waals surface area contributed by atoms with Crippen LogP contribution in [0.5, 0.6) is 0 Å². The molecule has 2 aromatic carbocycles. The summed E-state index contributed by atoms with van der Waals surface area (Å²) in [6, 6.07) is 10.5. The summed E-state index contributed by atoms with van der Waals surface area (Å²) >= 11 is 12.8. The number of carbonyl (C=O) groups excluding carboxylic acids is 2. The number of nitrogens with zero attached hydrogens (tertiary/aromatic N) is 1. The molecule has 2 amide bonds. The van der Waals surface area contributed by atoms with Crippen LogP contribution in [-0.2, 0) is 49.8 Å². The summed E-state index contributed by atoms with van der Waals surface area (Å²) in [4.78, 5) is 26.0.